The third-order valence-electron chi connectivity index (χ3n) is 10.2. The topological polar surface area (TPSA) is 72.9 Å². The van der Waals surface area contributed by atoms with E-state index < -0.39 is 30.0 Å². The first-order chi connectivity index (χ1) is 25.3. The van der Waals surface area contributed by atoms with Gasteiger partial charge in [0.15, 0.2) is 0 Å². The van der Waals surface area contributed by atoms with Crippen molar-refractivity contribution < 1.29 is 23.9 Å². The fraction of sp³-hybridized carbons (Fsp3) is 0.205. The molecule has 1 aliphatic carbocycles. The molecule has 0 bridgehead atoms. The Kier molecular flexibility index (Phi) is 9.22. The number of rotatable bonds is 9. The van der Waals surface area contributed by atoms with E-state index >= 15 is 0 Å². The molecule has 2 saturated heterocycles. The summed E-state index contributed by atoms with van der Waals surface area (Å²) in [4.78, 5) is 46.2. The van der Waals surface area contributed by atoms with Crippen LogP contribution in [0.1, 0.15) is 55.4 Å². The van der Waals surface area contributed by atoms with Gasteiger partial charge in [-0.1, -0.05) is 78.9 Å². The number of imide groups is 1. The number of hydrogen-bond acceptors (Lipinski definition) is 7. The van der Waals surface area contributed by atoms with E-state index in [1.165, 1.54) is 48.3 Å². The first-order valence-corrected chi connectivity index (χ1v) is 19.1. The molecule has 3 aromatic carbocycles. The van der Waals surface area contributed by atoms with Crippen LogP contribution in [0.4, 0.5) is 5.69 Å². The maximum Gasteiger partial charge on any atom is 0.353 e. The van der Waals surface area contributed by atoms with Crippen LogP contribution in [-0.2, 0) is 14.3 Å². The van der Waals surface area contributed by atoms with Crippen molar-refractivity contribution in [1.82, 2.24) is 0 Å². The molecular weight excluding hydrogens is 687 g/mol. The van der Waals surface area contributed by atoms with Crippen molar-refractivity contribution in [3.63, 3.8) is 0 Å². The number of amides is 2. The van der Waals surface area contributed by atoms with Gasteiger partial charge in [-0.15, -0.1) is 29.3 Å². The Bertz CT molecular complexity index is 2250. The number of aryl methyl sites for hydroxylation is 2. The SMILES string of the molecule is C=CC1OC(C=Cc2ccccc2)C2C(=O)N(c3ccc(OC(=O)c4cc(C5=C(c6cc(-c7ccccc7)sc6C)CCC5)c(C)s4)cc3)C(=O)C12. The van der Waals surface area contributed by atoms with Gasteiger partial charge in [0.05, 0.1) is 29.7 Å². The molecular formula is C44H37NO5S2. The first-order valence-electron chi connectivity index (χ1n) is 17.5. The summed E-state index contributed by atoms with van der Waals surface area (Å²) in [5, 5.41) is 0. The Hall–Kier alpha value is -5.15. The zero-order chi connectivity index (χ0) is 35.9. The molecule has 2 fully saturated rings. The number of benzene rings is 3. The molecule has 8 heteroatoms. The van der Waals surface area contributed by atoms with Crippen LogP contribution in [0.25, 0.3) is 27.7 Å². The highest BCUT2D eigenvalue weighted by atomic mass is 32.1. The standard InChI is InChI=1S/C44H37NO5S2/c1-4-36-40-41(37(50-36)23-18-28-12-7-5-8-13-28)43(47)45(42(40)46)30-19-21-31(22-20-30)49-44(48)39-25-35(27(3)52-39)33-17-11-16-32(33)34-24-38(51-26(34)2)29-14-9-6-10-15-29/h4-10,12-15,18-25,36-37,40-41H,1,11,16-17H2,2-3H3. The van der Waals surface area contributed by atoms with Crippen LogP contribution in [0.15, 0.2) is 116 Å². The predicted octanol–water partition coefficient (Wildman–Crippen LogP) is 10.2. The van der Waals surface area contributed by atoms with E-state index in [0.29, 0.717) is 16.3 Å². The van der Waals surface area contributed by atoms with Crippen molar-refractivity contribution in [2.45, 2.75) is 45.3 Å². The van der Waals surface area contributed by atoms with E-state index in [-0.39, 0.29) is 11.8 Å². The Morgan fingerprint density at radius 2 is 1.42 bits per heavy atom. The van der Waals surface area contributed by atoms with E-state index in [2.05, 4.69) is 50.8 Å². The van der Waals surface area contributed by atoms with Gasteiger partial charge in [-0.25, -0.2) is 9.69 Å². The van der Waals surface area contributed by atoms with E-state index in [4.69, 9.17) is 9.47 Å². The molecule has 4 unspecified atom stereocenters. The molecule has 4 heterocycles. The zero-order valence-electron chi connectivity index (χ0n) is 28.9. The molecule has 52 heavy (non-hydrogen) atoms. The Labute approximate surface area is 311 Å². The highest BCUT2D eigenvalue weighted by molar-refractivity contribution is 7.15. The van der Waals surface area contributed by atoms with Crippen LogP contribution >= 0.6 is 22.7 Å². The molecule has 6 nitrogen and oxygen atoms in total. The molecule has 0 N–H and O–H groups in total. The van der Waals surface area contributed by atoms with Crippen LogP contribution in [0.3, 0.4) is 0 Å². The lowest BCUT2D eigenvalue weighted by molar-refractivity contribution is -0.124. The number of ether oxygens (including phenoxy) is 2. The lowest BCUT2D eigenvalue weighted by Crippen LogP contribution is -2.35. The van der Waals surface area contributed by atoms with Gasteiger partial charge in [-0.2, -0.15) is 0 Å². The molecule has 8 rings (SSSR count). The Balaban J connectivity index is 0.982. The minimum absolute atomic E-state index is 0.317. The third kappa shape index (κ3) is 6.21. The molecule has 4 atom stereocenters. The van der Waals surface area contributed by atoms with Gasteiger partial charge in [0.2, 0.25) is 11.8 Å². The lowest BCUT2D eigenvalue weighted by atomic mass is 9.89. The van der Waals surface area contributed by atoms with E-state index in [1.807, 2.05) is 66.0 Å². The largest absolute Gasteiger partial charge is 0.422 e. The van der Waals surface area contributed by atoms with Crippen molar-refractivity contribution in [3.05, 3.63) is 147 Å². The highest BCUT2D eigenvalue weighted by Gasteiger charge is 2.58. The number of allylic oxidation sites excluding steroid dienone is 2. The van der Waals surface area contributed by atoms with Gasteiger partial charge in [0, 0.05) is 14.6 Å². The van der Waals surface area contributed by atoms with E-state index in [9.17, 15) is 14.4 Å². The Morgan fingerprint density at radius 1 is 0.808 bits per heavy atom. The highest BCUT2D eigenvalue weighted by Crippen LogP contribution is 2.47. The number of hydrogen-bond donors (Lipinski definition) is 0. The van der Waals surface area contributed by atoms with Gasteiger partial charge in [0.1, 0.15) is 10.6 Å². The van der Waals surface area contributed by atoms with Crippen molar-refractivity contribution in [2.75, 3.05) is 4.90 Å². The van der Waals surface area contributed by atoms with Crippen LogP contribution in [-0.4, -0.2) is 30.0 Å². The summed E-state index contributed by atoms with van der Waals surface area (Å²) in [5.41, 5.74) is 7.72. The third-order valence-corrected chi connectivity index (χ3v) is 12.3. The van der Waals surface area contributed by atoms with Crippen LogP contribution < -0.4 is 9.64 Å². The molecule has 260 valence electrons. The summed E-state index contributed by atoms with van der Waals surface area (Å²) in [6, 6.07) is 31.1. The molecule has 3 aliphatic rings. The molecule has 0 saturated carbocycles. The summed E-state index contributed by atoms with van der Waals surface area (Å²) in [7, 11) is 0. The number of thiophene rings is 2. The second-order valence-corrected chi connectivity index (χ2v) is 15.9. The van der Waals surface area contributed by atoms with Crippen molar-refractivity contribution in [2.24, 2.45) is 11.8 Å². The average molecular weight is 724 g/mol. The van der Waals surface area contributed by atoms with Gasteiger partial charge in [-0.3, -0.25) is 9.59 Å². The number of carbonyl (C=O) groups excluding carboxylic acids is 3. The summed E-state index contributed by atoms with van der Waals surface area (Å²) in [5.74, 6) is -2.06. The van der Waals surface area contributed by atoms with Crippen molar-refractivity contribution in [1.29, 1.82) is 0 Å². The summed E-state index contributed by atoms with van der Waals surface area (Å²) >= 11 is 3.27. The van der Waals surface area contributed by atoms with Gasteiger partial charge in [0.25, 0.3) is 0 Å². The quantitative estimate of drug-likeness (QED) is 0.0655. The second-order valence-electron chi connectivity index (χ2n) is 13.4. The summed E-state index contributed by atoms with van der Waals surface area (Å²) in [6.07, 6.45) is 7.27. The molecule has 2 aliphatic heterocycles. The zero-order valence-corrected chi connectivity index (χ0v) is 30.5. The molecule has 2 aromatic heterocycles. The van der Waals surface area contributed by atoms with Crippen LogP contribution in [0, 0.1) is 25.7 Å². The summed E-state index contributed by atoms with van der Waals surface area (Å²) < 4.78 is 11.9. The Morgan fingerprint density at radius 3 is 2.10 bits per heavy atom. The molecule has 0 radical (unpaired) electrons. The number of nitrogens with zero attached hydrogens (tertiary/aromatic N) is 1. The summed E-state index contributed by atoms with van der Waals surface area (Å²) in [6.45, 7) is 8.11. The monoisotopic (exact) mass is 723 g/mol. The van der Waals surface area contributed by atoms with Crippen molar-refractivity contribution in [3.8, 4) is 16.2 Å². The van der Waals surface area contributed by atoms with Gasteiger partial charge < -0.3 is 9.47 Å². The molecule has 5 aromatic rings. The first kappa shape index (κ1) is 34.0. The van der Waals surface area contributed by atoms with E-state index in [0.717, 1.165) is 35.3 Å². The molecule has 2 amide bonds. The van der Waals surface area contributed by atoms with Gasteiger partial charge >= 0.3 is 5.97 Å². The van der Waals surface area contributed by atoms with Crippen molar-refractivity contribution >= 4 is 63.4 Å². The fourth-order valence-electron chi connectivity index (χ4n) is 7.71. The number of esters is 1. The van der Waals surface area contributed by atoms with Crippen LogP contribution in [0.2, 0.25) is 0 Å². The number of fused-ring (bicyclic) bond motifs is 1. The fourth-order valence-corrected chi connectivity index (χ4v) is 9.69. The second kappa shape index (κ2) is 14.1. The maximum absolute atomic E-state index is 13.7. The minimum Gasteiger partial charge on any atom is -0.422 e. The predicted molar refractivity (Wildman–Crippen MR) is 209 cm³/mol. The minimum atomic E-state index is -0.658. The smallest absolute Gasteiger partial charge is 0.353 e. The maximum atomic E-state index is 13.7. The van der Waals surface area contributed by atoms with Crippen LogP contribution in [0.5, 0.6) is 5.75 Å². The average Bonchev–Trinajstić information content (AvgIpc) is 3.99. The van der Waals surface area contributed by atoms with E-state index in [1.54, 1.807) is 30.3 Å². The van der Waals surface area contributed by atoms with Gasteiger partial charge in [-0.05, 0) is 103 Å². The molecule has 0 spiro atoms. The number of anilines is 1. The normalized spacial score (nSPS) is 21.4. The lowest BCUT2D eigenvalue weighted by Gasteiger charge is -2.19. The number of carbonyl (C=O) groups is 3.